The van der Waals surface area contributed by atoms with Gasteiger partial charge in [0.05, 0.1) is 0 Å². The van der Waals surface area contributed by atoms with E-state index in [2.05, 4.69) is 20.7 Å². The minimum Gasteiger partial charge on any atom is -0.463 e. The van der Waals surface area contributed by atoms with E-state index in [4.69, 9.17) is 0 Å². The lowest BCUT2D eigenvalue weighted by atomic mass is 10.3. The van der Waals surface area contributed by atoms with E-state index in [1.807, 2.05) is 6.07 Å². The fourth-order valence-corrected chi connectivity index (χ4v) is 0.998. The van der Waals surface area contributed by atoms with Gasteiger partial charge in [-0.1, -0.05) is 22.0 Å². The molecule has 1 aromatic carbocycles. The molecule has 0 N–H and O–H groups in total. The van der Waals surface area contributed by atoms with Crippen LogP contribution in [0.5, 0.6) is 5.75 Å². The third-order valence-electron chi connectivity index (χ3n) is 1.02. The molecule has 0 amide bonds. The molecule has 0 aliphatic rings. The van der Waals surface area contributed by atoms with Crippen molar-refractivity contribution in [2.24, 2.45) is 0 Å². The summed E-state index contributed by atoms with van der Waals surface area (Å²) in [6.45, 7) is -0.781. The van der Waals surface area contributed by atoms with Gasteiger partial charge in [0.2, 0.25) is 6.86 Å². The van der Waals surface area contributed by atoms with E-state index in [0.29, 0.717) is 5.75 Å². The molecule has 0 atom stereocenters. The molecule has 0 saturated carbocycles. The molecule has 0 heterocycles. The zero-order chi connectivity index (χ0) is 7.40. The van der Waals surface area contributed by atoms with Crippen molar-refractivity contribution in [3.05, 3.63) is 28.7 Å². The number of rotatable bonds is 2. The van der Waals surface area contributed by atoms with Crippen molar-refractivity contribution < 1.29 is 9.13 Å². The molecule has 0 radical (unpaired) electrons. The standard InChI is InChI=1S/C7H6BrFO/c8-6-2-1-3-7(4-6)10-5-9/h1-4H,5H2. The van der Waals surface area contributed by atoms with Crippen molar-refractivity contribution in [3.63, 3.8) is 0 Å². The molecular formula is C7H6BrFO. The smallest absolute Gasteiger partial charge is 0.228 e. The van der Waals surface area contributed by atoms with Gasteiger partial charge >= 0.3 is 0 Å². The van der Waals surface area contributed by atoms with E-state index in [1.54, 1.807) is 18.2 Å². The van der Waals surface area contributed by atoms with Crippen LogP contribution in [0.4, 0.5) is 4.39 Å². The molecule has 10 heavy (non-hydrogen) atoms. The number of ether oxygens (including phenoxy) is 1. The maximum atomic E-state index is 11.6. The van der Waals surface area contributed by atoms with Crippen LogP contribution in [-0.4, -0.2) is 6.86 Å². The molecule has 0 aliphatic carbocycles. The zero-order valence-corrected chi connectivity index (χ0v) is 6.77. The summed E-state index contributed by atoms with van der Waals surface area (Å²) in [6, 6.07) is 7.05. The lowest BCUT2D eigenvalue weighted by Gasteiger charge is -1.99. The van der Waals surface area contributed by atoms with E-state index in [1.165, 1.54) is 0 Å². The molecular weight excluding hydrogens is 199 g/mol. The van der Waals surface area contributed by atoms with Crippen molar-refractivity contribution in [1.82, 2.24) is 0 Å². The predicted octanol–water partition coefficient (Wildman–Crippen LogP) is 2.75. The highest BCUT2D eigenvalue weighted by Crippen LogP contribution is 2.17. The average Bonchev–Trinajstić information content (AvgIpc) is 1.88. The number of hydrogen-bond donors (Lipinski definition) is 0. The minimum atomic E-state index is -0.781. The summed E-state index contributed by atoms with van der Waals surface area (Å²) in [5.74, 6) is 0.539. The second kappa shape index (κ2) is 3.56. The normalized spacial score (nSPS) is 9.40. The molecule has 0 unspecified atom stereocenters. The zero-order valence-electron chi connectivity index (χ0n) is 5.18. The van der Waals surface area contributed by atoms with Crippen LogP contribution in [0.2, 0.25) is 0 Å². The summed E-state index contributed by atoms with van der Waals surface area (Å²) < 4.78 is 17.1. The summed E-state index contributed by atoms with van der Waals surface area (Å²) in [5, 5.41) is 0. The van der Waals surface area contributed by atoms with E-state index in [-0.39, 0.29) is 0 Å². The van der Waals surface area contributed by atoms with Crippen LogP contribution < -0.4 is 4.74 Å². The van der Waals surface area contributed by atoms with Gasteiger partial charge in [-0.3, -0.25) is 0 Å². The first-order valence-electron chi connectivity index (χ1n) is 2.77. The van der Waals surface area contributed by atoms with Gasteiger partial charge in [-0.05, 0) is 18.2 Å². The van der Waals surface area contributed by atoms with Crippen molar-refractivity contribution in [2.75, 3.05) is 6.86 Å². The Bertz CT molecular complexity index is 215. The summed E-state index contributed by atoms with van der Waals surface area (Å²) >= 11 is 3.23. The monoisotopic (exact) mass is 204 g/mol. The van der Waals surface area contributed by atoms with Gasteiger partial charge in [-0.15, -0.1) is 0 Å². The van der Waals surface area contributed by atoms with E-state index < -0.39 is 6.86 Å². The third-order valence-corrected chi connectivity index (χ3v) is 1.51. The van der Waals surface area contributed by atoms with E-state index in [0.717, 1.165) is 4.47 Å². The van der Waals surface area contributed by atoms with E-state index in [9.17, 15) is 4.39 Å². The largest absolute Gasteiger partial charge is 0.463 e. The molecule has 0 bridgehead atoms. The molecule has 0 aromatic heterocycles. The highest BCUT2D eigenvalue weighted by atomic mass is 79.9. The molecule has 0 spiro atoms. The van der Waals surface area contributed by atoms with Gasteiger partial charge < -0.3 is 4.74 Å². The number of halogens is 2. The maximum absolute atomic E-state index is 11.6. The molecule has 1 nitrogen and oxygen atoms in total. The van der Waals surface area contributed by atoms with E-state index >= 15 is 0 Å². The fourth-order valence-electron chi connectivity index (χ4n) is 0.620. The summed E-state index contributed by atoms with van der Waals surface area (Å²) in [4.78, 5) is 0. The number of benzene rings is 1. The third kappa shape index (κ3) is 1.99. The molecule has 1 rings (SSSR count). The SMILES string of the molecule is FCOc1cccc(Br)c1. The predicted molar refractivity (Wildman–Crippen MR) is 40.7 cm³/mol. The first-order valence-corrected chi connectivity index (χ1v) is 3.56. The molecule has 0 aliphatic heterocycles. The molecule has 0 saturated heterocycles. The summed E-state index contributed by atoms with van der Waals surface area (Å²) in [6.07, 6.45) is 0. The van der Waals surface area contributed by atoms with Gasteiger partial charge in [0, 0.05) is 4.47 Å². The summed E-state index contributed by atoms with van der Waals surface area (Å²) in [5.41, 5.74) is 0. The molecule has 54 valence electrons. The second-order valence-corrected chi connectivity index (χ2v) is 2.63. The van der Waals surface area contributed by atoms with Crippen LogP contribution in [0, 0.1) is 0 Å². The topological polar surface area (TPSA) is 9.23 Å². The van der Waals surface area contributed by atoms with Gasteiger partial charge in [0.15, 0.2) is 0 Å². The van der Waals surface area contributed by atoms with Gasteiger partial charge in [0.1, 0.15) is 5.75 Å². The van der Waals surface area contributed by atoms with Crippen molar-refractivity contribution >= 4 is 15.9 Å². The summed E-state index contributed by atoms with van der Waals surface area (Å²) in [7, 11) is 0. The molecule has 1 aromatic rings. The Morgan fingerprint density at radius 3 is 2.90 bits per heavy atom. The van der Waals surface area contributed by atoms with Crippen LogP contribution in [0.1, 0.15) is 0 Å². The van der Waals surface area contributed by atoms with Crippen LogP contribution in [0.15, 0.2) is 28.7 Å². The lowest BCUT2D eigenvalue weighted by Crippen LogP contribution is -1.88. The van der Waals surface area contributed by atoms with Gasteiger partial charge in [-0.25, -0.2) is 4.39 Å². The highest BCUT2D eigenvalue weighted by molar-refractivity contribution is 9.10. The van der Waals surface area contributed by atoms with Crippen LogP contribution in [0.3, 0.4) is 0 Å². The van der Waals surface area contributed by atoms with Crippen LogP contribution in [-0.2, 0) is 0 Å². The Labute approximate surface area is 66.9 Å². The van der Waals surface area contributed by atoms with Gasteiger partial charge in [-0.2, -0.15) is 0 Å². The number of alkyl halides is 1. The Kier molecular flexibility index (Phi) is 2.68. The first kappa shape index (κ1) is 7.54. The Morgan fingerprint density at radius 1 is 1.50 bits per heavy atom. The Hall–Kier alpha value is -0.570. The molecule has 3 heteroatoms. The quantitative estimate of drug-likeness (QED) is 0.721. The van der Waals surface area contributed by atoms with Crippen LogP contribution >= 0.6 is 15.9 Å². The average molecular weight is 205 g/mol. The van der Waals surface area contributed by atoms with Crippen molar-refractivity contribution in [1.29, 1.82) is 0 Å². The lowest BCUT2D eigenvalue weighted by molar-refractivity contribution is 0.191. The Balaban J connectivity index is 2.75. The van der Waals surface area contributed by atoms with Crippen LogP contribution in [0.25, 0.3) is 0 Å². The van der Waals surface area contributed by atoms with Crippen molar-refractivity contribution in [3.8, 4) is 5.75 Å². The maximum Gasteiger partial charge on any atom is 0.228 e. The minimum absolute atomic E-state index is 0.539. The molecule has 0 fully saturated rings. The highest BCUT2D eigenvalue weighted by Gasteiger charge is 1.91. The first-order chi connectivity index (χ1) is 4.83. The van der Waals surface area contributed by atoms with Crippen molar-refractivity contribution in [2.45, 2.75) is 0 Å². The second-order valence-electron chi connectivity index (χ2n) is 1.71. The van der Waals surface area contributed by atoms with Gasteiger partial charge in [0.25, 0.3) is 0 Å². The number of hydrogen-bond acceptors (Lipinski definition) is 1. The Morgan fingerprint density at radius 2 is 2.30 bits per heavy atom. The fraction of sp³-hybridized carbons (Fsp3) is 0.143.